The maximum atomic E-state index is 11.6. The van der Waals surface area contributed by atoms with Crippen LogP contribution in [0.25, 0.3) is 0 Å². The van der Waals surface area contributed by atoms with Crippen molar-refractivity contribution in [1.82, 2.24) is 5.32 Å². The predicted molar refractivity (Wildman–Crippen MR) is 68.9 cm³/mol. The van der Waals surface area contributed by atoms with E-state index in [1.54, 1.807) is 0 Å². The van der Waals surface area contributed by atoms with Gasteiger partial charge in [-0.05, 0) is 52.4 Å². The van der Waals surface area contributed by atoms with Crippen LogP contribution in [0.2, 0.25) is 0 Å². The first-order valence-electron chi connectivity index (χ1n) is 6.31. The minimum Gasteiger partial charge on any atom is -0.772 e. The summed E-state index contributed by atoms with van der Waals surface area (Å²) in [5, 5.41) is 2.84. The summed E-state index contributed by atoms with van der Waals surface area (Å²) in [6.45, 7) is 5.48. The van der Waals surface area contributed by atoms with Crippen molar-refractivity contribution in [2.75, 3.05) is 5.75 Å². The van der Waals surface area contributed by atoms with E-state index in [1.165, 1.54) is 0 Å². The largest absolute Gasteiger partial charge is 0.772 e. The quantitative estimate of drug-likeness (QED) is 0.796. The van der Waals surface area contributed by atoms with E-state index < -0.39 is 16.7 Å². The molecule has 3 unspecified atom stereocenters. The van der Waals surface area contributed by atoms with Gasteiger partial charge in [0.1, 0.15) is 5.60 Å². The number of rotatable bonds is 4. The lowest BCUT2D eigenvalue weighted by Gasteiger charge is -2.21. The first-order valence-corrected chi connectivity index (χ1v) is 7.56. The van der Waals surface area contributed by atoms with Gasteiger partial charge in [0.2, 0.25) is 0 Å². The van der Waals surface area contributed by atoms with Crippen LogP contribution in [0.1, 0.15) is 46.5 Å². The number of hydrogen-bond donors (Lipinski definition) is 1. The molecule has 0 aromatic heterocycles. The van der Waals surface area contributed by atoms with E-state index in [9.17, 15) is 13.6 Å². The molecule has 1 N–H and O–H groups in total. The van der Waals surface area contributed by atoms with E-state index >= 15 is 0 Å². The number of amides is 1. The zero-order valence-corrected chi connectivity index (χ0v) is 12.0. The van der Waals surface area contributed by atoms with Crippen LogP contribution in [0.3, 0.4) is 0 Å². The number of carbonyl (C=O) groups is 1. The van der Waals surface area contributed by atoms with Crippen molar-refractivity contribution in [2.24, 2.45) is 5.92 Å². The molecule has 0 aliphatic heterocycles. The minimum absolute atomic E-state index is 0.116. The number of carbonyl (C=O) groups excluding carboxylic acids is 1. The van der Waals surface area contributed by atoms with Crippen LogP contribution in [0.15, 0.2) is 0 Å². The second kappa shape index (κ2) is 6.52. The fourth-order valence-electron chi connectivity index (χ4n) is 2.21. The second-order valence-corrected chi connectivity index (χ2v) is 6.83. The van der Waals surface area contributed by atoms with E-state index in [0.717, 1.165) is 19.3 Å². The predicted octanol–water partition coefficient (Wildman–Crippen LogP) is 1.95. The number of hydrogen-bond acceptors (Lipinski definition) is 4. The summed E-state index contributed by atoms with van der Waals surface area (Å²) >= 11 is -1.96. The van der Waals surface area contributed by atoms with Gasteiger partial charge in [0, 0.05) is 11.8 Å². The average Bonchev–Trinajstić information content (AvgIpc) is 2.59. The van der Waals surface area contributed by atoms with Crippen LogP contribution in [0.4, 0.5) is 4.79 Å². The van der Waals surface area contributed by atoms with Crippen molar-refractivity contribution in [1.29, 1.82) is 0 Å². The first kappa shape index (κ1) is 15.4. The molecule has 1 aliphatic rings. The lowest BCUT2D eigenvalue weighted by Crippen LogP contribution is -2.37. The SMILES string of the molecule is CC(C)(C)OC(=O)NC1CCC(CCS(=O)[O-])C1. The van der Waals surface area contributed by atoms with Gasteiger partial charge in [0.25, 0.3) is 0 Å². The Labute approximate surface area is 111 Å². The maximum absolute atomic E-state index is 11.6. The normalized spacial score (nSPS) is 25.8. The van der Waals surface area contributed by atoms with Gasteiger partial charge in [-0.3, -0.25) is 4.21 Å². The van der Waals surface area contributed by atoms with Gasteiger partial charge in [-0.25, -0.2) is 4.79 Å². The van der Waals surface area contributed by atoms with Crippen molar-refractivity contribution in [3.05, 3.63) is 0 Å². The van der Waals surface area contributed by atoms with E-state index in [0.29, 0.717) is 12.3 Å². The Morgan fingerprint density at radius 2 is 2.11 bits per heavy atom. The Morgan fingerprint density at radius 1 is 1.44 bits per heavy atom. The molecule has 0 aromatic carbocycles. The highest BCUT2D eigenvalue weighted by Crippen LogP contribution is 2.28. The monoisotopic (exact) mass is 276 g/mol. The van der Waals surface area contributed by atoms with E-state index in [2.05, 4.69) is 5.32 Å². The Bertz CT molecular complexity index is 314. The molecule has 0 spiro atoms. The highest BCUT2D eigenvalue weighted by atomic mass is 32.2. The van der Waals surface area contributed by atoms with Gasteiger partial charge in [-0.2, -0.15) is 0 Å². The molecule has 1 aliphatic carbocycles. The van der Waals surface area contributed by atoms with Crippen molar-refractivity contribution < 1.29 is 18.3 Å². The molecule has 0 saturated heterocycles. The van der Waals surface area contributed by atoms with Crippen LogP contribution in [0, 0.1) is 5.92 Å². The third-order valence-electron chi connectivity index (χ3n) is 2.95. The topological polar surface area (TPSA) is 78.5 Å². The van der Waals surface area contributed by atoms with Gasteiger partial charge in [-0.15, -0.1) is 0 Å². The van der Waals surface area contributed by atoms with Gasteiger partial charge >= 0.3 is 6.09 Å². The Kier molecular flexibility index (Phi) is 5.59. The lowest BCUT2D eigenvalue weighted by atomic mass is 10.1. The lowest BCUT2D eigenvalue weighted by molar-refractivity contribution is 0.0504. The van der Waals surface area contributed by atoms with Gasteiger partial charge in [0.15, 0.2) is 0 Å². The number of ether oxygens (including phenoxy) is 1. The molecule has 3 atom stereocenters. The molecule has 5 nitrogen and oxygen atoms in total. The molecule has 0 radical (unpaired) electrons. The summed E-state index contributed by atoms with van der Waals surface area (Å²) in [5.41, 5.74) is -0.485. The molecule has 6 heteroatoms. The summed E-state index contributed by atoms with van der Waals surface area (Å²) in [6.07, 6.45) is 3.01. The molecule has 0 bridgehead atoms. The van der Waals surface area contributed by atoms with E-state index in [-0.39, 0.29) is 17.9 Å². The van der Waals surface area contributed by atoms with Crippen LogP contribution in [0.5, 0.6) is 0 Å². The molecule has 106 valence electrons. The van der Waals surface area contributed by atoms with Crippen LogP contribution < -0.4 is 5.32 Å². The molecule has 1 saturated carbocycles. The maximum Gasteiger partial charge on any atom is 0.407 e. The van der Waals surface area contributed by atoms with Crippen molar-refractivity contribution in [3.63, 3.8) is 0 Å². The first-order chi connectivity index (χ1) is 8.26. The van der Waals surface area contributed by atoms with Gasteiger partial charge in [0.05, 0.1) is 0 Å². The molecule has 0 aromatic rings. The highest BCUT2D eigenvalue weighted by molar-refractivity contribution is 7.79. The van der Waals surface area contributed by atoms with E-state index in [4.69, 9.17) is 4.74 Å². The average molecular weight is 276 g/mol. The zero-order valence-electron chi connectivity index (χ0n) is 11.2. The van der Waals surface area contributed by atoms with Crippen LogP contribution in [-0.4, -0.2) is 32.3 Å². The zero-order chi connectivity index (χ0) is 13.8. The van der Waals surface area contributed by atoms with Gasteiger partial charge in [-0.1, -0.05) is 11.1 Å². The molecule has 1 rings (SSSR count). The third kappa shape index (κ3) is 6.35. The van der Waals surface area contributed by atoms with Gasteiger partial charge < -0.3 is 14.6 Å². The summed E-state index contributed by atoms with van der Waals surface area (Å²) in [5.74, 6) is 0.604. The molecule has 1 fully saturated rings. The highest BCUT2D eigenvalue weighted by Gasteiger charge is 2.27. The summed E-state index contributed by atoms with van der Waals surface area (Å²) in [6, 6.07) is 0.116. The molecule has 18 heavy (non-hydrogen) atoms. The summed E-state index contributed by atoms with van der Waals surface area (Å²) in [4.78, 5) is 11.6. The Hall–Kier alpha value is -0.620. The molecular weight excluding hydrogens is 254 g/mol. The summed E-state index contributed by atoms with van der Waals surface area (Å²) < 4.78 is 26.1. The van der Waals surface area contributed by atoms with Crippen molar-refractivity contribution in [2.45, 2.75) is 58.1 Å². The molecular formula is C12H22NO4S-. The summed E-state index contributed by atoms with van der Waals surface area (Å²) in [7, 11) is 0. The van der Waals surface area contributed by atoms with Crippen molar-refractivity contribution >= 4 is 17.2 Å². The molecule has 1 amide bonds. The van der Waals surface area contributed by atoms with E-state index in [1.807, 2.05) is 20.8 Å². The van der Waals surface area contributed by atoms with Crippen molar-refractivity contribution in [3.8, 4) is 0 Å². The van der Waals surface area contributed by atoms with Crippen LogP contribution >= 0.6 is 0 Å². The minimum atomic E-state index is -1.96. The number of alkyl carbamates (subject to hydrolysis) is 1. The smallest absolute Gasteiger partial charge is 0.407 e. The Morgan fingerprint density at radius 3 is 2.67 bits per heavy atom. The fraction of sp³-hybridized carbons (Fsp3) is 0.917. The molecule has 0 heterocycles. The number of nitrogens with one attached hydrogen (secondary N) is 1. The third-order valence-corrected chi connectivity index (χ3v) is 3.52. The second-order valence-electron chi connectivity index (χ2n) is 5.82. The van der Waals surface area contributed by atoms with Crippen LogP contribution in [-0.2, 0) is 15.8 Å². The standard InChI is InChI=1S/C12H23NO4S/c1-12(2,3)17-11(14)13-10-5-4-9(8-10)6-7-18(15)16/h9-10H,4-8H2,1-3H3,(H,13,14)(H,15,16)/p-1. The fourth-order valence-corrected chi connectivity index (χ4v) is 2.73. The Balaban J connectivity index is 2.26.